The van der Waals surface area contributed by atoms with Gasteiger partial charge in [-0.25, -0.2) is 4.79 Å². The first-order valence-corrected chi connectivity index (χ1v) is 25.2. The van der Waals surface area contributed by atoms with E-state index in [4.69, 9.17) is 5.73 Å². The van der Waals surface area contributed by atoms with Crippen LogP contribution in [0.2, 0.25) is 0 Å². The van der Waals surface area contributed by atoms with Crippen molar-refractivity contribution in [3.05, 3.63) is 29.8 Å². The number of carbonyl (C=O) groups excluding carboxylic acids is 9. The molecule has 1 aromatic carbocycles. The van der Waals surface area contributed by atoms with Gasteiger partial charge in [0.15, 0.2) is 0 Å². The molecule has 1 saturated heterocycles. The Bertz CT molecular complexity index is 2330. The number of likely N-dealkylation sites (tertiary alicyclic amines) is 1. The molecule has 1 aliphatic rings. The van der Waals surface area contributed by atoms with Crippen LogP contribution in [0.3, 0.4) is 0 Å². The standard InChI is InChI=1S/C49H74N10O19/c1-7-24(4)39(50)47(75)56-31(19-23(2)3)44(72)55-32(21-38(67)68)45(73)58-40(26(6)60)48(76)52-25(5)41(69)51-22-35(62)59-18-8-9-34(59)46(74)54-30(15-17-37(65)66)42(70)53-29(14-16-36(63)64)43(71)57-33(49(77)78)20-27-10-12-28(61)13-11-27/h10-13,23-26,29-34,39-40,60-61H,7-9,14-22,50H2,1-6H3,(H,51,69)(H,52,76)(H,53,70)(H,54,74)(H,55,72)(H,56,75)(H,57,71)(H,58,73)(H,63,64)(H,65,66)(H,67,68)(H,77,78)/t24-,25-,26+,29-,30-,31-,32-,33-,34-,39-,40-/m0/s1. The zero-order valence-electron chi connectivity index (χ0n) is 44.2. The maximum absolute atomic E-state index is 13.7. The maximum Gasteiger partial charge on any atom is 0.326 e. The minimum Gasteiger partial charge on any atom is -0.508 e. The smallest absolute Gasteiger partial charge is 0.326 e. The van der Waals surface area contributed by atoms with Crippen LogP contribution in [0.4, 0.5) is 0 Å². The summed E-state index contributed by atoms with van der Waals surface area (Å²) in [5.74, 6) is -15.4. The topological polar surface area (TPSA) is 469 Å². The van der Waals surface area contributed by atoms with Crippen molar-refractivity contribution < 1.29 is 93.0 Å². The lowest BCUT2D eigenvalue weighted by Crippen LogP contribution is -2.61. The fourth-order valence-electron chi connectivity index (χ4n) is 7.88. The molecule has 29 heteroatoms. The first kappa shape index (κ1) is 66.2. The van der Waals surface area contributed by atoms with Crippen molar-refractivity contribution in [3.63, 3.8) is 0 Å². The average Bonchev–Trinajstić information content (AvgIpc) is 3.86. The molecule has 2 rings (SSSR count). The lowest BCUT2D eigenvalue weighted by molar-refractivity contribution is -0.143. The molecule has 16 N–H and O–H groups in total. The van der Waals surface area contributed by atoms with Gasteiger partial charge in [-0.15, -0.1) is 0 Å². The molecule has 0 aromatic heterocycles. The fraction of sp³-hybridized carbons (Fsp3) is 0.612. The summed E-state index contributed by atoms with van der Waals surface area (Å²) in [6.45, 7) is 8.53. The summed E-state index contributed by atoms with van der Waals surface area (Å²) in [6.07, 6.45) is -4.58. The summed E-state index contributed by atoms with van der Waals surface area (Å²) in [6, 6.07) is -8.29. The number of carboxylic acid groups (broad SMARTS) is 4. The Labute approximate surface area is 448 Å². The van der Waals surface area contributed by atoms with E-state index in [-0.39, 0.29) is 49.8 Å². The monoisotopic (exact) mass is 1110 g/mol. The van der Waals surface area contributed by atoms with Crippen molar-refractivity contribution in [3.8, 4) is 5.75 Å². The number of phenols is 1. The molecule has 78 heavy (non-hydrogen) atoms. The predicted octanol–water partition coefficient (Wildman–Crippen LogP) is -3.46. The highest BCUT2D eigenvalue weighted by Gasteiger charge is 2.39. The van der Waals surface area contributed by atoms with Gasteiger partial charge in [-0.1, -0.05) is 46.2 Å². The summed E-state index contributed by atoms with van der Waals surface area (Å²) in [7, 11) is 0. The summed E-state index contributed by atoms with van der Waals surface area (Å²) in [4.78, 5) is 169. The van der Waals surface area contributed by atoms with Crippen LogP contribution >= 0.6 is 0 Å². The van der Waals surface area contributed by atoms with Gasteiger partial charge in [0.25, 0.3) is 0 Å². The van der Waals surface area contributed by atoms with Crippen LogP contribution in [-0.2, 0) is 68.7 Å². The Balaban J connectivity index is 2.16. The molecule has 0 aliphatic carbocycles. The van der Waals surface area contributed by atoms with Crippen LogP contribution in [0.5, 0.6) is 5.75 Å². The van der Waals surface area contributed by atoms with E-state index in [0.29, 0.717) is 12.0 Å². The van der Waals surface area contributed by atoms with E-state index < -0.39 is 176 Å². The van der Waals surface area contributed by atoms with Crippen LogP contribution in [0.15, 0.2) is 24.3 Å². The summed E-state index contributed by atoms with van der Waals surface area (Å²) >= 11 is 0. The predicted molar refractivity (Wildman–Crippen MR) is 271 cm³/mol. The molecule has 434 valence electrons. The number of aromatic hydroxyl groups is 1. The van der Waals surface area contributed by atoms with Gasteiger partial charge in [-0.2, -0.15) is 0 Å². The van der Waals surface area contributed by atoms with E-state index in [1.165, 1.54) is 31.2 Å². The molecule has 1 aliphatic heterocycles. The zero-order valence-corrected chi connectivity index (χ0v) is 44.2. The number of nitrogens with zero attached hydrogens (tertiary/aromatic N) is 1. The van der Waals surface area contributed by atoms with Crippen molar-refractivity contribution in [1.29, 1.82) is 0 Å². The minimum atomic E-state index is -1.84. The van der Waals surface area contributed by atoms with E-state index >= 15 is 0 Å². The SMILES string of the molecule is CC[C@H](C)[C@H](N)C(=O)N[C@@H](CC(C)C)C(=O)N[C@@H](CC(=O)O)C(=O)N[C@H](C(=O)N[C@@H](C)C(=O)NCC(=O)N1CCC[C@H]1C(=O)N[C@@H](CCC(=O)O)C(=O)N[C@@H](CCC(=O)O)C(=O)N[C@@H](Cc1ccc(O)cc1)C(=O)O)[C@@H](C)O. The highest BCUT2D eigenvalue weighted by molar-refractivity contribution is 5.99. The maximum atomic E-state index is 13.7. The molecule has 1 aromatic rings. The molecule has 0 saturated carbocycles. The number of nitrogens with two attached hydrogens (primary N) is 1. The molecule has 9 amide bonds. The lowest BCUT2D eigenvalue weighted by atomic mass is 9.97. The molecule has 0 bridgehead atoms. The Morgan fingerprint density at radius 3 is 1.65 bits per heavy atom. The van der Waals surface area contributed by atoms with E-state index in [2.05, 4.69) is 42.5 Å². The summed E-state index contributed by atoms with van der Waals surface area (Å²) < 4.78 is 0. The van der Waals surface area contributed by atoms with E-state index in [0.717, 1.165) is 11.8 Å². The first-order chi connectivity index (χ1) is 36.4. The van der Waals surface area contributed by atoms with Crippen molar-refractivity contribution in [2.24, 2.45) is 17.6 Å². The number of aliphatic hydroxyl groups is 1. The van der Waals surface area contributed by atoms with E-state index in [9.17, 15) is 93.0 Å². The number of hydrogen-bond acceptors (Lipinski definition) is 16. The van der Waals surface area contributed by atoms with Gasteiger partial charge in [0.2, 0.25) is 53.2 Å². The fourth-order valence-corrected chi connectivity index (χ4v) is 7.88. The van der Waals surface area contributed by atoms with Gasteiger partial charge in [-0.05, 0) is 75.5 Å². The third-order valence-corrected chi connectivity index (χ3v) is 12.6. The molecule has 0 unspecified atom stereocenters. The van der Waals surface area contributed by atoms with Gasteiger partial charge < -0.3 is 83.8 Å². The van der Waals surface area contributed by atoms with Gasteiger partial charge in [0, 0.05) is 25.8 Å². The minimum absolute atomic E-state index is 0.0259. The Kier molecular flexibility index (Phi) is 27.1. The third kappa shape index (κ3) is 22.3. The third-order valence-electron chi connectivity index (χ3n) is 12.6. The average molecular weight is 1110 g/mol. The Morgan fingerprint density at radius 1 is 0.628 bits per heavy atom. The van der Waals surface area contributed by atoms with Crippen LogP contribution < -0.4 is 48.3 Å². The Morgan fingerprint density at radius 2 is 1.14 bits per heavy atom. The van der Waals surface area contributed by atoms with Crippen LogP contribution in [-0.4, -0.2) is 186 Å². The molecular weight excluding hydrogens is 1030 g/mol. The zero-order chi connectivity index (χ0) is 59.1. The number of phenolic OH excluding ortho intramolecular Hbond substituents is 1. The van der Waals surface area contributed by atoms with Crippen LogP contribution in [0.1, 0.15) is 105 Å². The molecule has 0 spiro atoms. The molecular formula is C49H74N10O19. The number of benzene rings is 1. The molecule has 11 atom stereocenters. The second-order valence-electron chi connectivity index (χ2n) is 19.4. The highest BCUT2D eigenvalue weighted by atomic mass is 16.4. The first-order valence-electron chi connectivity index (χ1n) is 25.2. The summed E-state index contributed by atoms with van der Waals surface area (Å²) in [5.41, 5.74) is 6.42. The van der Waals surface area contributed by atoms with Crippen LogP contribution in [0, 0.1) is 11.8 Å². The number of amides is 9. The van der Waals surface area contributed by atoms with Crippen molar-refractivity contribution >= 4 is 77.0 Å². The second-order valence-corrected chi connectivity index (χ2v) is 19.4. The number of carboxylic acids is 4. The number of carbonyl (C=O) groups is 13. The number of hydrogen-bond donors (Lipinski definition) is 15. The molecule has 1 fully saturated rings. The summed E-state index contributed by atoms with van der Waals surface area (Å²) in [5, 5.41) is 76.7. The van der Waals surface area contributed by atoms with Gasteiger partial charge in [0.1, 0.15) is 54.1 Å². The second kappa shape index (κ2) is 31.9. The molecule has 0 radical (unpaired) electrons. The van der Waals surface area contributed by atoms with Gasteiger partial charge >= 0.3 is 23.9 Å². The highest BCUT2D eigenvalue weighted by Crippen LogP contribution is 2.19. The molecule has 1 heterocycles. The van der Waals surface area contributed by atoms with Gasteiger partial charge in [-0.3, -0.25) is 57.5 Å². The normalized spacial score (nSPS) is 16.9. The van der Waals surface area contributed by atoms with Gasteiger partial charge in [0.05, 0.1) is 25.1 Å². The molecule has 29 nitrogen and oxygen atoms in total. The number of aliphatic hydroxyl groups excluding tert-OH is 1. The van der Waals surface area contributed by atoms with E-state index in [1.54, 1.807) is 20.8 Å². The van der Waals surface area contributed by atoms with Crippen molar-refractivity contribution in [2.45, 2.75) is 166 Å². The van der Waals surface area contributed by atoms with Crippen LogP contribution in [0.25, 0.3) is 0 Å². The van der Waals surface area contributed by atoms with E-state index in [1.807, 2.05) is 6.92 Å². The number of rotatable bonds is 33. The number of aliphatic carboxylic acids is 4. The van der Waals surface area contributed by atoms with Crippen molar-refractivity contribution in [1.82, 2.24) is 47.4 Å². The quantitative estimate of drug-likeness (QED) is 0.0325. The Hall–Kier alpha value is -7.95. The van der Waals surface area contributed by atoms with Crippen molar-refractivity contribution in [2.75, 3.05) is 13.1 Å². The lowest BCUT2D eigenvalue weighted by Gasteiger charge is -2.28. The largest absolute Gasteiger partial charge is 0.508 e. The number of nitrogens with one attached hydrogen (secondary N) is 8.